The first-order valence-corrected chi connectivity index (χ1v) is 8.26. The van der Waals surface area contributed by atoms with E-state index in [1.165, 1.54) is 6.07 Å². The van der Waals surface area contributed by atoms with E-state index in [0.29, 0.717) is 22.9 Å². The van der Waals surface area contributed by atoms with Crippen molar-refractivity contribution < 1.29 is 13.5 Å². The van der Waals surface area contributed by atoms with Gasteiger partial charge >= 0.3 is 0 Å². The fourth-order valence-corrected chi connectivity index (χ4v) is 3.14. The smallest absolute Gasteiger partial charge is 0.213 e. The number of nitrogens with zero attached hydrogens (tertiary/aromatic N) is 1. The number of hydrogen-bond acceptors (Lipinski definition) is 4. The number of benzene rings is 1. The highest BCUT2D eigenvalue weighted by Gasteiger charge is 2.17. The minimum absolute atomic E-state index is 0.130. The summed E-state index contributed by atoms with van der Waals surface area (Å²) in [6.45, 7) is 2.17. The van der Waals surface area contributed by atoms with Crippen LogP contribution in [0.25, 0.3) is 11.0 Å². The lowest BCUT2D eigenvalue weighted by molar-refractivity contribution is 0.286. The van der Waals surface area contributed by atoms with Crippen molar-refractivity contribution in [3.63, 3.8) is 0 Å². The highest BCUT2D eigenvalue weighted by molar-refractivity contribution is 5.77. The molecule has 1 saturated heterocycles. The van der Waals surface area contributed by atoms with Crippen molar-refractivity contribution in [3.8, 4) is 5.88 Å². The molecule has 0 aliphatic carbocycles. The van der Waals surface area contributed by atoms with Gasteiger partial charge in [-0.3, -0.25) is 0 Å². The SMILES string of the molecule is Fc1cc2ccoc2cc1COc1cccc(C2CCNCC2)n1. The Morgan fingerprint density at radius 1 is 1.21 bits per heavy atom. The molecule has 3 aromatic rings. The van der Waals surface area contributed by atoms with Gasteiger partial charge in [-0.1, -0.05) is 6.07 Å². The number of fused-ring (bicyclic) bond motifs is 1. The van der Waals surface area contributed by atoms with E-state index in [1.807, 2.05) is 18.2 Å². The van der Waals surface area contributed by atoms with Crippen molar-refractivity contribution >= 4 is 11.0 Å². The topological polar surface area (TPSA) is 47.3 Å². The second-order valence-electron chi connectivity index (χ2n) is 6.12. The van der Waals surface area contributed by atoms with Crippen LogP contribution in [0.15, 0.2) is 47.1 Å². The van der Waals surface area contributed by atoms with E-state index in [4.69, 9.17) is 9.15 Å². The van der Waals surface area contributed by atoms with Crippen molar-refractivity contribution in [2.45, 2.75) is 25.4 Å². The van der Waals surface area contributed by atoms with Crippen LogP contribution in [0.5, 0.6) is 5.88 Å². The van der Waals surface area contributed by atoms with Crippen LogP contribution in [0.2, 0.25) is 0 Å². The summed E-state index contributed by atoms with van der Waals surface area (Å²) in [6.07, 6.45) is 3.72. The van der Waals surface area contributed by atoms with Crippen molar-refractivity contribution in [1.29, 1.82) is 0 Å². The predicted molar refractivity (Wildman–Crippen MR) is 89.6 cm³/mol. The lowest BCUT2D eigenvalue weighted by Gasteiger charge is -2.22. The van der Waals surface area contributed by atoms with Crippen LogP contribution < -0.4 is 10.1 Å². The summed E-state index contributed by atoms with van der Waals surface area (Å²) in [6, 6.07) is 10.7. The Hall–Kier alpha value is -2.40. The van der Waals surface area contributed by atoms with Crippen LogP contribution in [0.4, 0.5) is 4.39 Å². The first-order chi connectivity index (χ1) is 11.8. The predicted octanol–water partition coefficient (Wildman–Crippen LogP) is 4.01. The van der Waals surface area contributed by atoms with Gasteiger partial charge in [-0.05, 0) is 50.2 Å². The average Bonchev–Trinajstić information content (AvgIpc) is 3.08. The van der Waals surface area contributed by atoms with Crippen LogP contribution in [0.1, 0.15) is 30.0 Å². The summed E-state index contributed by atoms with van der Waals surface area (Å²) in [5, 5.41) is 4.11. The van der Waals surface area contributed by atoms with E-state index in [1.54, 1.807) is 18.4 Å². The highest BCUT2D eigenvalue weighted by atomic mass is 19.1. The van der Waals surface area contributed by atoms with Gasteiger partial charge in [0.15, 0.2) is 0 Å². The molecule has 1 fully saturated rings. The van der Waals surface area contributed by atoms with E-state index in [9.17, 15) is 4.39 Å². The number of nitrogens with one attached hydrogen (secondary N) is 1. The first-order valence-electron chi connectivity index (χ1n) is 8.26. The highest BCUT2D eigenvalue weighted by Crippen LogP contribution is 2.26. The molecule has 0 radical (unpaired) electrons. The molecule has 4 nitrogen and oxygen atoms in total. The summed E-state index contributed by atoms with van der Waals surface area (Å²) in [4.78, 5) is 4.60. The normalized spacial score (nSPS) is 15.7. The summed E-state index contributed by atoms with van der Waals surface area (Å²) in [7, 11) is 0. The molecule has 0 bridgehead atoms. The zero-order valence-corrected chi connectivity index (χ0v) is 13.3. The Labute approximate surface area is 139 Å². The average molecular weight is 326 g/mol. The van der Waals surface area contributed by atoms with Crippen molar-refractivity contribution in [1.82, 2.24) is 10.3 Å². The quantitative estimate of drug-likeness (QED) is 0.787. The third-order valence-electron chi connectivity index (χ3n) is 4.50. The Kier molecular flexibility index (Phi) is 4.17. The third-order valence-corrected chi connectivity index (χ3v) is 4.50. The van der Waals surface area contributed by atoms with Gasteiger partial charge in [0.1, 0.15) is 18.0 Å². The molecule has 1 aliphatic rings. The number of pyridine rings is 1. The molecule has 0 unspecified atom stereocenters. The molecule has 0 atom stereocenters. The van der Waals surface area contributed by atoms with Crippen LogP contribution >= 0.6 is 0 Å². The van der Waals surface area contributed by atoms with Gasteiger partial charge in [-0.25, -0.2) is 9.37 Å². The van der Waals surface area contributed by atoms with Crippen molar-refractivity contribution in [2.75, 3.05) is 13.1 Å². The second-order valence-corrected chi connectivity index (χ2v) is 6.12. The van der Waals surface area contributed by atoms with E-state index in [0.717, 1.165) is 37.0 Å². The Balaban J connectivity index is 1.49. The van der Waals surface area contributed by atoms with Gasteiger partial charge in [0, 0.05) is 28.6 Å². The number of hydrogen-bond donors (Lipinski definition) is 1. The molecule has 3 heterocycles. The number of furan rings is 1. The van der Waals surface area contributed by atoms with E-state index in [2.05, 4.69) is 10.3 Å². The van der Waals surface area contributed by atoms with Crippen LogP contribution in [0, 0.1) is 5.82 Å². The lowest BCUT2D eigenvalue weighted by atomic mass is 9.94. The van der Waals surface area contributed by atoms with E-state index in [-0.39, 0.29) is 12.4 Å². The molecule has 24 heavy (non-hydrogen) atoms. The van der Waals surface area contributed by atoms with Crippen LogP contribution in [-0.4, -0.2) is 18.1 Å². The molecule has 1 aliphatic heterocycles. The number of rotatable bonds is 4. The molecule has 0 spiro atoms. The van der Waals surface area contributed by atoms with E-state index < -0.39 is 0 Å². The minimum atomic E-state index is -0.293. The zero-order valence-electron chi connectivity index (χ0n) is 13.3. The molecule has 1 aromatic carbocycles. The molecular weight excluding hydrogens is 307 g/mol. The largest absolute Gasteiger partial charge is 0.473 e. The lowest BCUT2D eigenvalue weighted by Crippen LogP contribution is -2.27. The maximum Gasteiger partial charge on any atom is 0.213 e. The summed E-state index contributed by atoms with van der Waals surface area (Å²) in [5.41, 5.74) is 2.17. The van der Waals surface area contributed by atoms with Crippen LogP contribution in [0.3, 0.4) is 0 Å². The van der Waals surface area contributed by atoms with Crippen molar-refractivity contribution in [3.05, 3.63) is 59.7 Å². The standard InChI is InChI=1S/C19H19FN2O2/c20-16-10-14-6-9-23-18(14)11-15(16)12-24-19-3-1-2-17(22-19)13-4-7-21-8-5-13/h1-3,6,9-11,13,21H,4-5,7-8,12H2. The number of piperidine rings is 1. The second kappa shape index (κ2) is 6.61. The Morgan fingerprint density at radius 2 is 2.08 bits per heavy atom. The number of aromatic nitrogens is 1. The summed E-state index contributed by atoms with van der Waals surface area (Å²) >= 11 is 0. The molecule has 1 N–H and O–H groups in total. The molecule has 4 rings (SSSR count). The maximum absolute atomic E-state index is 14.1. The molecule has 124 valence electrons. The first kappa shape index (κ1) is 15.1. The third kappa shape index (κ3) is 3.12. The van der Waals surface area contributed by atoms with E-state index >= 15 is 0 Å². The molecule has 0 amide bonds. The van der Waals surface area contributed by atoms with Gasteiger partial charge < -0.3 is 14.5 Å². The Morgan fingerprint density at radius 3 is 2.96 bits per heavy atom. The summed E-state index contributed by atoms with van der Waals surface area (Å²) < 4.78 is 25.2. The van der Waals surface area contributed by atoms with Gasteiger partial charge in [-0.15, -0.1) is 0 Å². The van der Waals surface area contributed by atoms with Crippen LogP contribution in [-0.2, 0) is 6.61 Å². The van der Waals surface area contributed by atoms with Gasteiger partial charge in [0.25, 0.3) is 0 Å². The summed E-state index contributed by atoms with van der Waals surface area (Å²) in [5.74, 6) is 0.703. The molecular formula is C19H19FN2O2. The maximum atomic E-state index is 14.1. The van der Waals surface area contributed by atoms with Gasteiger partial charge in [-0.2, -0.15) is 0 Å². The van der Waals surface area contributed by atoms with Gasteiger partial charge in [0.2, 0.25) is 5.88 Å². The fourth-order valence-electron chi connectivity index (χ4n) is 3.14. The van der Waals surface area contributed by atoms with Crippen molar-refractivity contribution in [2.24, 2.45) is 0 Å². The Bertz CT molecular complexity index is 840. The number of ether oxygens (including phenoxy) is 1. The molecule has 0 saturated carbocycles. The minimum Gasteiger partial charge on any atom is -0.473 e. The zero-order chi connectivity index (χ0) is 16.4. The number of halogens is 1. The fraction of sp³-hybridized carbons (Fsp3) is 0.316. The molecule has 5 heteroatoms. The molecule has 2 aromatic heterocycles. The monoisotopic (exact) mass is 326 g/mol. The van der Waals surface area contributed by atoms with Gasteiger partial charge in [0.05, 0.1) is 6.26 Å².